The van der Waals surface area contributed by atoms with Gasteiger partial charge < -0.3 is 24.8 Å². The van der Waals surface area contributed by atoms with Crippen LogP contribution in [0.15, 0.2) is 18.2 Å². The first-order valence-electron chi connectivity index (χ1n) is 8.44. The molecular formula is C17H30BNO4. The van der Waals surface area contributed by atoms with Crippen molar-refractivity contribution in [1.82, 2.24) is 0 Å². The third-order valence-electron chi connectivity index (χ3n) is 4.00. The molecule has 1 aliphatic rings. The summed E-state index contributed by atoms with van der Waals surface area (Å²) in [6.07, 6.45) is -0.0637. The molecular weight excluding hydrogens is 293 g/mol. The van der Waals surface area contributed by atoms with E-state index in [1.165, 1.54) is 0 Å². The van der Waals surface area contributed by atoms with Gasteiger partial charge >= 0.3 is 6.75 Å². The molecule has 4 N–H and O–H groups in total. The molecule has 6 heteroatoms. The van der Waals surface area contributed by atoms with E-state index in [0.29, 0.717) is 25.2 Å². The first kappa shape index (κ1) is 18.3. The van der Waals surface area contributed by atoms with Crippen molar-refractivity contribution in [3.8, 4) is 5.75 Å². The fourth-order valence-corrected chi connectivity index (χ4v) is 2.80. The highest BCUT2D eigenvalue weighted by Gasteiger charge is 2.33. The second-order valence-corrected chi connectivity index (χ2v) is 8.07. The van der Waals surface area contributed by atoms with E-state index in [2.05, 4.69) is 26.1 Å². The van der Waals surface area contributed by atoms with Crippen LogP contribution < -0.4 is 9.97 Å². The van der Waals surface area contributed by atoms with Gasteiger partial charge in [0, 0.05) is 12.2 Å². The molecule has 0 amide bonds. The van der Waals surface area contributed by atoms with Crippen molar-refractivity contribution < 1.29 is 24.8 Å². The normalized spacial score (nSPS) is 22.6. The van der Waals surface area contributed by atoms with Gasteiger partial charge in [-0.1, -0.05) is 32.2 Å². The summed E-state index contributed by atoms with van der Waals surface area (Å²) in [6.45, 7) is 9.05. The number of benzene rings is 1. The molecule has 1 aromatic carbocycles. The third kappa shape index (κ3) is 5.21. The Kier molecular flexibility index (Phi) is 5.41. The van der Waals surface area contributed by atoms with Gasteiger partial charge in [-0.15, -0.1) is 0 Å². The smallest absolute Gasteiger partial charge is 0.433 e. The van der Waals surface area contributed by atoms with Gasteiger partial charge in [0.05, 0.1) is 11.3 Å². The van der Waals surface area contributed by atoms with Crippen molar-refractivity contribution in [3.05, 3.63) is 29.3 Å². The van der Waals surface area contributed by atoms with Gasteiger partial charge in [-0.2, -0.15) is 0 Å². The average molecular weight is 323 g/mol. The minimum atomic E-state index is -2.25. The van der Waals surface area contributed by atoms with Gasteiger partial charge in [0.25, 0.3) is 0 Å². The number of aliphatic hydroxyl groups is 1. The lowest BCUT2D eigenvalue weighted by Crippen LogP contribution is -2.95. The predicted octanol–water partition coefficient (Wildman–Crippen LogP) is 1.58. The van der Waals surface area contributed by atoms with Crippen LogP contribution in [0.4, 0.5) is 0 Å². The molecule has 5 nitrogen and oxygen atoms in total. The Hall–Kier alpha value is -1.08. The first-order chi connectivity index (χ1) is 10.6. The molecule has 0 saturated carbocycles. The molecule has 1 heterocycles. The maximum absolute atomic E-state index is 10.4. The van der Waals surface area contributed by atoms with Crippen molar-refractivity contribution in [1.29, 1.82) is 0 Å². The van der Waals surface area contributed by atoms with Crippen LogP contribution in [-0.4, -0.2) is 29.0 Å². The highest BCUT2D eigenvalue weighted by molar-refractivity contribution is 6.60. The summed E-state index contributed by atoms with van der Waals surface area (Å²) in [4.78, 5) is 0. The molecule has 0 aromatic heterocycles. The van der Waals surface area contributed by atoms with Crippen molar-refractivity contribution in [2.45, 2.75) is 59.2 Å². The summed E-state index contributed by atoms with van der Waals surface area (Å²) < 4.78 is 11.2. The molecule has 2 atom stereocenters. The Morgan fingerprint density at radius 3 is 2.61 bits per heavy atom. The second-order valence-electron chi connectivity index (χ2n) is 8.07. The zero-order chi connectivity index (χ0) is 17.3. The predicted molar refractivity (Wildman–Crippen MR) is 91.0 cm³/mol. The quantitative estimate of drug-likeness (QED) is 0.719. The molecule has 0 aliphatic carbocycles. The molecule has 0 radical (unpaired) electrons. The van der Waals surface area contributed by atoms with Crippen LogP contribution in [0.5, 0.6) is 5.75 Å². The van der Waals surface area contributed by atoms with E-state index in [-0.39, 0.29) is 11.5 Å². The van der Waals surface area contributed by atoms with Gasteiger partial charge in [-0.25, -0.2) is 0 Å². The fourth-order valence-electron chi connectivity index (χ4n) is 2.80. The molecule has 0 bridgehead atoms. The van der Waals surface area contributed by atoms with E-state index >= 15 is 0 Å². The molecule has 23 heavy (non-hydrogen) atoms. The monoisotopic (exact) mass is 323 g/mol. The highest BCUT2D eigenvalue weighted by atomic mass is 16.7. The molecule has 0 fully saturated rings. The van der Waals surface area contributed by atoms with Crippen LogP contribution in [-0.2, 0) is 11.3 Å². The Balaban J connectivity index is 2.07. The van der Waals surface area contributed by atoms with Crippen molar-refractivity contribution in [2.24, 2.45) is 5.92 Å². The van der Waals surface area contributed by atoms with E-state index in [1.807, 2.05) is 32.0 Å². The molecule has 1 aromatic rings. The maximum atomic E-state index is 10.4. The zero-order valence-electron chi connectivity index (χ0n) is 14.9. The standard InChI is InChI=1S/C17H29BNO4/c1-12(2)9-18(21)22-11-14-8-13(6-7-16(14)23-18)15(20)10-19-17(3,4)5/h6-8,12,15,19-21H,9-11H2,1-5H3/q-1/p+1/t15-,18?/m0/s1. The summed E-state index contributed by atoms with van der Waals surface area (Å²) in [6, 6.07) is 5.58. The summed E-state index contributed by atoms with van der Waals surface area (Å²) in [7, 11) is 0. The van der Waals surface area contributed by atoms with Crippen LogP contribution in [0.3, 0.4) is 0 Å². The zero-order valence-corrected chi connectivity index (χ0v) is 14.9. The maximum Gasteiger partial charge on any atom is 0.433 e. The fraction of sp³-hybridized carbons (Fsp3) is 0.647. The number of nitrogens with two attached hydrogens (primary N) is 1. The molecule has 1 aliphatic heterocycles. The molecule has 130 valence electrons. The molecule has 1 unspecified atom stereocenters. The lowest BCUT2D eigenvalue weighted by atomic mass is 9.69. The number of hydrogen-bond acceptors (Lipinski definition) is 4. The topological polar surface area (TPSA) is 75.5 Å². The second kappa shape index (κ2) is 6.81. The number of rotatable bonds is 5. The lowest BCUT2D eigenvalue weighted by molar-refractivity contribution is -0.722. The van der Waals surface area contributed by atoms with Gasteiger partial charge in [-0.3, -0.25) is 0 Å². The highest BCUT2D eigenvalue weighted by Crippen LogP contribution is 2.33. The number of fused-ring (bicyclic) bond motifs is 1. The Bertz CT molecular complexity index is 544. The van der Waals surface area contributed by atoms with Crippen LogP contribution in [0, 0.1) is 5.92 Å². The Morgan fingerprint density at radius 1 is 1.30 bits per heavy atom. The minimum Gasteiger partial charge on any atom is -0.670 e. The molecule has 2 rings (SSSR count). The van der Waals surface area contributed by atoms with Gasteiger partial charge in [-0.05, 0) is 38.5 Å². The van der Waals surface area contributed by atoms with Crippen LogP contribution in [0.1, 0.15) is 51.8 Å². The third-order valence-corrected chi connectivity index (χ3v) is 4.00. The number of quaternary nitrogens is 1. The van der Waals surface area contributed by atoms with E-state index in [0.717, 1.165) is 11.1 Å². The summed E-state index contributed by atoms with van der Waals surface area (Å²) in [5.74, 6) is 0.936. The summed E-state index contributed by atoms with van der Waals surface area (Å²) >= 11 is 0. The van der Waals surface area contributed by atoms with Crippen molar-refractivity contribution >= 4 is 6.75 Å². The van der Waals surface area contributed by atoms with Crippen LogP contribution in [0.25, 0.3) is 0 Å². The van der Waals surface area contributed by atoms with E-state index in [4.69, 9.17) is 9.31 Å². The van der Waals surface area contributed by atoms with Crippen LogP contribution in [0.2, 0.25) is 6.32 Å². The van der Waals surface area contributed by atoms with E-state index in [1.54, 1.807) is 0 Å². The van der Waals surface area contributed by atoms with Gasteiger partial charge in [0.15, 0.2) is 0 Å². The van der Waals surface area contributed by atoms with Gasteiger partial charge in [0.1, 0.15) is 12.6 Å². The molecule has 0 saturated heterocycles. The molecule has 0 spiro atoms. The summed E-state index contributed by atoms with van der Waals surface area (Å²) in [5, 5.41) is 22.9. The van der Waals surface area contributed by atoms with E-state index < -0.39 is 12.9 Å². The minimum absolute atomic E-state index is 0.0806. The largest absolute Gasteiger partial charge is 0.670 e. The van der Waals surface area contributed by atoms with Crippen molar-refractivity contribution in [3.63, 3.8) is 0 Å². The van der Waals surface area contributed by atoms with Crippen molar-refractivity contribution in [2.75, 3.05) is 6.54 Å². The lowest BCUT2D eigenvalue weighted by Gasteiger charge is -2.42. The number of aliphatic hydroxyl groups excluding tert-OH is 1. The van der Waals surface area contributed by atoms with E-state index in [9.17, 15) is 10.1 Å². The number of hydrogen-bond donors (Lipinski definition) is 3. The average Bonchev–Trinajstić information content (AvgIpc) is 2.42. The Morgan fingerprint density at radius 2 is 2.00 bits per heavy atom. The van der Waals surface area contributed by atoms with Gasteiger partial charge in [0.2, 0.25) is 0 Å². The first-order valence-corrected chi connectivity index (χ1v) is 8.44. The SMILES string of the molecule is CC(C)C[B-]1(O)OCc2cc([C@@H](O)C[NH2+]C(C)(C)C)ccc2O1. The van der Waals surface area contributed by atoms with Crippen LogP contribution >= 0.6 is 0 Å². The summed E-state index contributed by atoms with van der Waals surface area (Å²) in [5.41, 5.74) is 1.79. The Labute approximate surface area is 139 Å².